The molecule has 0 amide bonds. The minimum absolute atomic E-state index is 0.166. The van der Waals surface area contributed by atoms with Crippen LogP contribution < -0.4 is 0 Å². The molecule has 1 rings (SSSR count). The molecule has 0 aromatic heterocycles. The average molecular weight is 183 g/mol. The number of hydrogen-bond acceptors (Lipinski definition) is 3. The molecule has 13 heavy (non-hydrogen) atoms. The Balaban J connectivity index is 2.92. The molecule has 1 aliphatic rings. The van der Waals surface area contributed by atoms with Crippen LogP contribution in [0.3, 0.4) is 0 Å². The van der Waals surface area contributed by atoms with Crippen LogP contribution in [0.4, 0.5) is 0 Å². The first kappa shape index (κ1) is 9.89. The van der Waals surface area contributed by atoms with E-state index in [9.17, 15) is 14.9 Å². The fraction of sp³-hybridized carbons (Fsp3) is 0.667. The highest BCUT2D eigenvalue weighted by atomic mass is 16.6. The van der Waals surface area contributed by atoms with Gasteiger partial charge >= 0.3 is 0 Å². The lowest BCUT2D eigenvalue weighted by Gasteiger charge is -2.26. The third kappa shape index (κ3) is 1.61. The highest BCUT2D eigenvalue weighted by Crippen LogP contribution is 2.31. The van der Waals surface area contributed by atoms with Crippen molar-refractivity contribution >= 4 is 5.78 Å². The average Bonchev–Trinajstić information content (AvgIpc) is 2.09. The Morgan fingerprint density at radius 3 is 2.77 bits per heavy atom. The second kappa shape index (κ2) is 3.68. The number of nitrogens with zero attached hydrogens (tertiary/aromatic N) is 1. The van der Waals surface area contributed by atoms with Crippen LogP contribution in [-0.4, -0.2) is 16.2 Å². The van der Waals surface area contributed by atoms with Crippen molar-refractivity contribution in [2.75, 3.05) is 0 Å². The molecule has 0 spiro atoms. The standard InChI is InChI=1S/C9H13NO3/c1-2-6-9(10(12)13)7-4-3-5-8(9)11/h2H,1,3-7H2. The number of hydrogen-bond donors (Lipinski definition) is 0. The molecular formula is C9H13NO3. The molecule has 1 saturated carbocycles. The molecule has 0 radical (unpaired) electrons. The summed E-state index contributed by atoms with van der Waals surface area (Å²) in [5.41, 5.74) is -1.35. The van der Waals surface area contributed by atoms with E-state index in [4.69, 9.17) is 0 Å². The van der Waals surface area contributed by atoms with Gasteiger partial charge in [-0.3, -0.25) is 14.9 Å². The number of nitro groups is 1. The van der Waals surface area contributed by atoms with Crippen molar-refractivity contribution in [2.45, 2.75) is 37.6 Å². The van der Waals surface area contributed by atoms with Crippen molar-refractivity contribution in [1.29, 1.82) is 0 Å². The Morgan fingerprint density at radius 1 is 1.62 bits per heavy atom. The smallest absolute Gasteiger partial charge is 0.282 e. The molecule has 1 fully saturated rings. The maximum Gasteiger partial charge on any atom is 0.282 e. The number of Topliss-reactive ketones (excluding diaryl/α,β-unsaturated/α-hetero) is 1. The highest BCUT2D eigenvalue weighted by Gasteiger charge is 2.49. The Hall–Kier alpha value is -1.19. The molecule has 0 bridgehead atoms. The summed E-state index contributed by atoms with van der Waals surface area (Å²) >= 11 is 0. The summed E-state index contributed by atoms with van der Waals surface area (Å²) < 4.78 is 0. The third-order valence-corrected chi connectivity index (χ3v) is 2.59. The molecular weight excluding hydrogens is 170 g/mol. The number of carbonyl (C=O) groups excluding carboxylic acids is 1. The summed E-state index contributed by atoms with van der Waals surface area (Å²) in [6.45, 7) is 3.46. The minimum Gasteiger partial charge on any atom is -0.292 e. The first-order chi connectivity index (χ1) is 6.13. The van der Waals surface area contributed by atoms with Crippen LogP contribution in [0.2, 0.25) is 0 Å². The van der Waals surface area contributed by atoms with Crippen molar-refractivity contribution in [3.8, 4) is 0 Å². The number of ketones is 1. The summed E-state index contributed by atoms with van der Waals surface area (Å²) in [6.07, 6.45) is 3.89. The molecule has 1 unspecified atom stereocenters. The SMILES string of the molecule is C=CCC1([N+](=O)[O-])CCCCC1=O. The van der Waals surface area contributed by atoms with E-state index in [1.165, 1.54) is 6.08 Å². The second-order valence-corrected chi connectivity index (χ2v) is 3.41. The normalized spacial score (nSPS) is 28.5. The van der Waals surface area contributed by atoms with E-state index in [-0.39, 0.29) is 12.2 Å². The highest BCUT2D eigenvalue weighted by molar-refractivity contribution is 5.87. The van der Waals surface area contributed by atoms with Crippen LogP contribution in [-0.2, 0) is 4.79 Å². The largest absolute Gasteiger partial charge is 0.292 e. The van der Waals surface area contributed by atoms with Crippen molar-refractivity contribution in [3.63, 3.8) is 0 Å². The zero-order valence-corrected chi connectivity index (χ0v) is 7.49. The summed E-state index contributed by atoms with van der Waals surface area (Å²) in [5.74, 6) is -0.233. The van der Waals surface area contributed by atoms with Crippen LogP contribution in [0, 0.1) is 10.1 Å². The summed E-state index contributed by atoms with van der Waals surface area (Å²) in [7, 11) is 0. The van der Waals surface area contributed by atoms with Crippen LogP contribution in [0.25, 0.3) is 0 Å². The van der Waals surface area contributed by atoms with E-state index in [1.54, 1.807) is 0 Å². The van der Waals surface area contributed by atoms with Gasteiger partial charge < -0.3 is 0 Å². The molecule has 1 aliphatic carbocycles. The van der Waals surface area contributed by atoms with E-state index in [1.807, 2.05) is 0 Å². The van der Waals surface area contributed by atoms with Gasteiger partial charge in [-0.15, -0.1) is 6.58 Å². The monoisotopic (exact) mass is 183 g/mol. The summed E-state index contributed by atoms with van der Waals surface area (Å²) in [5, 5.41) is 10.8. The van der Waals surface area contributed by atoms with Gasteiger partial charge in [0.1, 0.15) is 0 Å². The first-order valence-electron chi connectivity index (χ1n) is 4.42. The molecule has 0 aromatic carbocycles. The Labute approximate surface area is 76.8 Å². The van der Waals surface area contributed by atoms with Gasteiger partial charge in [0.25, 0.3) is 5.54 Å². The molecule has 4 nitrogen and oxygen atoms in total. The quantitative estimate of drug-likeness (QED) is 0.380. The van der Waals surface area contributed by atoms with Crippen molar-refractivity contribution in [2.24, 2.45) is 0 Å². The fourth-order valence-corrected chi connectivity index (χ4v) is 1.80. The third-order valence-electron chi connectivity index (χ3n) is 2.59. The van der Waals surface area contributed by atoms with Gasteiger partial charge in [0, 0.05) is 24.2 Å². The zero-order valence-electron chi connectivity index (χ0n) is 7.49. The maximum absolute atomic E-state index is 11.5. The summed E-state index contributed by atoms with van der Waals surface area (Å²) in [4.78, 5) is 21.8. The molecule has 0 aliphatic heterocycles. The molecule has 1 atom stereocenters. The van der Waals surface area contributed by atoms with Gasteiger partial charge in [-0.2, -0.15) is 0 Å². The second-order valence-electron chi connectivity index (χ2n) is 3.41. The van der Waals surface area contributed by atoms with E-state index in [0.717, 1.165) is 12.8 Å². The fourth-order valence-electron chi connectivity index (χ4n) is 1.80. The van der Waals surface area contributed by atoms with Gasteiger partial charge in [0.15, 0.2) is 0 Å². The van der Waals surface area contributed by atoms with Gasteiger partial charge in [0.2, 0.25) is 5.78 Å². The van der Waals surface area contributed by atoms with Crippen molar-refractivity contribution < 1.29 is 9.72 Å². The lowest BCUT2D eigenvalue weighted by Crippen LogP contribution is -2.48. The molecule has 0 saturated heterocycles. The van der Waals surface area contributed by atoms with E-state index >= 15 is 0 Å². The predicted octanol–water partition coefficient (Wildman–Crippen LogP) is 1.72. The molecule has 72 valence electrons. The topological polar surface area (TPSA) is 60.2 Å². The van der Waals surface area contributed by atoms with E-state index in [0.29, 0.717) is 12.8 Å². The Bertz CT molecular complexity index is 249. The summed E-state index contributed by atoms with van der Waals surface area (Å²) in [6, 6.07) is 0. The van der Waals surface area contributed by atoms with E-state index in [2.05, 4.69) is 6.58 Å². The zero-order chi connectivity index (χ0) is 9.90. The Morgan fingerprint density at radius 2 is 2.31 bits per heavy atom. The number of carbonyl (C=O) groups is 1. The molecule has 0 heterocycles. The van der Waals surface area contributed by atoms with Crippen LogP contribution in [0.5, 0.6) is 0 Å². The molecule has 4 heteroatoms. The van der Waals surface area contributed by atoms with Crippen LogP contribution in [0.1, 0.15) is 32.1 Å². The van der Waals surface area contributed by atoms with Crippen LogP contribution >= 0.6 is 0 Å². The number of rotatable bonds is 3. The van der Waals surface area contributed by atoms with Gasteiger partial charge in [-0.1, -0.05) is 6.08 Å². The van der Waals surface area contributed by atoms with Crippen LogP contribution in [0.15, 0.2) is 12.7 Å². The minimum atomic E-state index is -1.35. The van der Waals surface area contributed by atoms with Gasteiger partial charge in [-0.25, -0.2) is 0 Å². The van der Waals surface area contributed by atoms with Crippen molar-refractivity contribution in [1.82, 2.24) is 0 Å². The van der Waals surface area contributed by atoms with Crippen molar-refractivity contribution in [3.05, 3.63) is 22.8 Å². The lowest BCUT2D eigenvalue weighted by molar-refractivity contribution is -0.553. The van der Waals surface area contributed by atoms with Gasteiger partial charge in [-0.05, 0) is 12.8 Å². The Kier molecular flexibility index (Phi) is 2.80. The van der Waals surface area contributed by atoms with Gasteiger partial charge in [0.05, 0.1) is 0 Å². The van der Waals surface area contributed by atoms with E-state index < -0.39 is 10.5 Å². The maximum atomic E-state index is 11.5. The molecule has 0 N–H and O–H groups in total. The molecule has 0 aromatic rings. The lowest BCUT2D eigenvalue weighted by atomic mass is 9.79. The first-order valence-corrected chi connectivity index (χ1v) is 4.42. The predicted molar refractivity (Wildman–Crippen MR) is 48.0 cm³/mol.